The summed E-state index contributed by atoms with van der Waals surface area (Å²) in [5.41, 5.74) is 0. The molecule has 0 spiro atoms. The summed E-state index contributed by atoms with van der Waals surface area (Å²) < 4.78 is 0. The molecule has 0 bridgehead atoms. The van der Waals surface area contributed by atoms with Crippen molar-refractivity contribution in [1.82, 2.24) is 0 Å². The van der Waals surface area contributed by atoms with Crippen LogP contribution in [0.3, 0.4) is 0 Å². The van der Waals surface area contributed by atoms with E-state index in [1.165, 1.54) is 0 Å². The zero-order chi connectivity index (χ0) is 4.50. The Hall–Kier alpha value is 0.724. The number of hydrogen-bond acceptors (Lipinski definition) is 0. The summed E-state index contributed by atoms with van der Waals surface area (Å²) >= 11 is 5.67. The van der Waals surface area contributed by atoms with Gasteiger partial charge in [0.25, 0.3) is 0 Å². The van der Waals surface area contributed by atoms with Gasteiger partial charge in [-0.15, -0.1) is 0 Å². The van der Waals surface area contributed by atoms with Crippen LogP contribution in [0.4, 0.5) is 0 Å². The van der Waals surface area contributed by atoms with Gasteiger partial charge in [-0.2, -0.15) is 11.1 Å². The molecule has 0 aliphatic rings. The summed E-state index contributed by atoms with van der Waals surface area (Å²) in [4.78, 5) is 0. The standard InChI is InChI=1S/C3H9ClSi.Si/c1-5(2,3)4;/h1-3H3;. The van der Waals surface area contributed by atoms with Crippen molar-refractivity contribution < 1.29 is 0 Å². The maximum atomic E-state index is 5.67. The van der Waals surface area contributed by atoms with E-state index in [2.05, 4.69) is 19.6 Å². The average molecular weight is 137 g/mol. The van der Waals surface area contributed by atoms with Gasteiger partial charge in [0.15, 0.2) is 0 Å². The zero-order valence-electron chi connectivity index (χ0n) is 4.38. The Labute approximate surface area is 49.6 Å². The lowest BCUT2D eigenvalue weighted by molar-refractivity contribution is 1.87. The molecule has 0 nitrogen and oxygen atoms in total. The fourth-order valence-electron chi connectivity index (χ4n) is 0. The van der Waals surface area contributed by atoms with Gasteiger partial charge in [-0.25, -0.2) is 0 Å². The highest BCUT2D eigenvalue weighted by Gasteiger charge is 2.04. The van der Waals surface area contributed by atoms with Crippen LogP contribution in [0.5, 0.6) is 0 Å². The molecule has 0 unspecified atom stereocenters. The average Bonchev–Trinajstić information content (AvgIpc) is 0.722. The third kappa shape index (κ3) is 125. The smallest absolute Gasteiger partial charge is 0.147 e. The first kappa shape index (κ1) is 9.87. The van der Waals surface area contributed by atoms with Crippen LogP contribution in [-0.2, 0) is 0 Å². The quantitative estimate of drug-likeness (QED) is 0.351. The molecule has 3 heteroatoms. The Morgan fingerprint density at radius 2 is 1.17 bits per heavy atom. The van der Waals surface area contributed by atoms with Gasteiger partial charge in [0.05, 0.1) is 0 Å². The van der Waals surface area contributed by atoms with Gasteiger partial charge >= 0.3 is 0 Å². The van der Waals surface area contributed by atoms with Gasteiger partial charge in [-0.3, -0.25) is 0 Å². The van der Waals surface area contributed by atoms with E-state index in [4.69, 9.17) is 11.1 Å². The first-order valence-corrected chi connectivity index (χ1v) is 6.20. The maximum absolute atomic E-state index is 5.67. The van der Waals surface area contributed by atoms with Crippen LogP contribution < -0.4 is 0 Å². The Morgan fingerprint density at radius 3 is 1.17 bits per heavy atom. The highest BCUT2D eigenvalue weighted by Crippen LogP contribution is 2.03. The predicted molar refractivity (Wildman–Crippen MR) is 35.0 cm³/mol. The zero-order valence-corrected chi connectivity index (χ0v) is 7.13. The lowest BCUT2D eigenvalue weighted by Crippen LogP contribution is -2.06. The molecule has 0 fully saturated rings. The molecular weight excluding hydrogens is 128 g/mol. The van der Waals surface area contributed by atoms with Crippen LogP contribution in [0, 0.1) is 0 Å². The Kier molecular flexibility index (Phi) is 4.65. The van der Waals surface area contributed by atoms with E-state index in [0.29, 0.717) is 0 Å². The lowest BCUT2D eigenvalue weighted by Gasteiger charge is -1.97. The van der Waals surface area contributed by atoms with Gasteiger partial charge in [0, 0.05) is 11.0 Å². The molecule has 0 aromatic carbocycles. The van der Waals surface area contributed by atoms with Gasteiger partial charge in [-0.1, -0.05) is 19.6 Å². The molecule has 0 saturated carbocycles. The molecule has 6 heavy (non-hydrogen) atoms. The SMILES string of the molecule is C[Si](C)(C)Cl.[Si]. The predicted octanol–water partition coefficient (Wildman–Crippen LogP) is 1.68. The molecule has 0 N–H and O–H groups in total. The molecule has 0 aliphatic heterocycles. The van der Waals surface area contributed by atoms with Crippen molar-refractivity contribution in [2.75, 3.05) is 0 Å². The summed E-state index contributed by atoms with van der Waals surface area (Å²) in [6.45, 7) is 6.28. The van der Waals surface area contributed by atoms with Gasteiger partial charge in [0.2, 0.25) is 0 Å². The summed E-state index contributed by atoms with van der Waals surface area (Å²) in [5.74, 6) is 0. The van der Waals surface area contributed by atoms with Gasteiger partial charge < -0.3 is 0 Å². The second-order valence-corrected chi connectivity index (χ2v) is 9.60. The van der Waals surface area contributed by atoms with Crippen molar-refractivity contribution in [1.29, 1.82) is 0 Å². The van der Waals surface area contributed by atoms with Gasteiger partial charge in [-0.05, 0) is 0 Å². The fourth-order valence-corrected chi connectivity index (χ4v) is 0. The minimum absolute atomic E-state index is 0. The molecule has 0 atom stereocenters. The van der Waals surface area contributed by atoms with E-state index in [1.807, 2.05) is 0 Å². The molecule has 0 rings (SSSR count). The number of hydrogen-bond donors (Lipinski definition) is 0. The van der Waals surface area contributed by atoms with E-state index >= 15 is 0 Å². The molecule has 0 aromatic rings. The molecular formula is C3H9ClSi2. The van der Waals surface area contributed by atoms with Crippen molar-refractivity contribution in [3.63, 3.8) is 0 Å². The molecule has 4 radical (unpaired) electrons. The first-order valence-electron chi connectivity index (χ1n) is 1.69. The van der Waals surface area contributed by atoms with E-state index < -0.39 is 7.38 Å². The minimum atomic E-state index is -1.14. The van der Waals surface area contributed by atoms with E-state index in [9.17, 15) is 0 Å². The summed E-state index contributed by atoms with van der Waals surface area (Å²) in [7, 11) is -1.14. The molecule has 0 saturated heterocycles. The molecule has 0 aliphatic carbocycles. The highest BCUT2D eigenvalue weighted by molar-refractivity contribution is 7.18. The van der Waals surface area contributed by atoms with E-state index in [-0.39, 0.29) is 11.0 Å². The third-order valence-electron chi connectivity index (χ3n) is 0. The van der Waals surface area contributed by atoms with Crippen molar-refractivity contribution in [2.24, 2.45) is 0 Å². The molecule has 0 amide bonds. The van der Waals surface area contributed by atoms with Crippen molar-refractivity contribution >= 4 is 29.4 Å². The summed E-state index contributed by atoms with van der Waals surface area (Å²) in [6, 6.07) is 0. The molecule has 36 valence electrons. The van der Waals surface area contributed by atoms with Gasteiger partial charge in [0.1, 0.15) is 7.38 Å². The van der Waals surface area contributed by atoms with E-state index in [0.717, 1.165) is 0 Å². The van der Waals surface area contributed by atoms with Crippen LogP contribution in [0.2, 0.25) is 19.6 Å². The van der Waals surface area contributed by atoms with Crippen LogP contribution >= 0.6 is 11.1 Å². The minimum Gasteiger partial charge on any atom is -0.168 e. The Balaban J connectivity index is 0. The van der Waals surface area contributed by atoms with Crippen molar-refractivity contribution in [2.45, 2.75) is 19.6 Å². The highest BCUT2D eigenvalue weighted by atomic mass is 35.6. The summed E-state index contributed by atoms with van der Waals surface area (Å²) in [6.07, 6.45) is 0. The number of halogens is 1. The molecule has 0 heterocycles. The monoisotopic (exact) mass is 136 g/mol. The first-order chi connectivity index (χ1) is 2.00. The maximum Gasteiger partial charge on any atom is 0.147 e. The second kappa shape index (κ2) is 2.83. The number of rotatable bonds is 0. The lowest BCUT2D eigenvalue weighted by atomic mass is 11.8. The Morgan fingerprint density at radius 1 is 1.17 bits per heavy atom. The fraction of sp³-hybridized carbons (Fsp3) is 1.00. The Bertz CT molecular complexity index is 24.3. The largest absolute Gasteiger partial charge is 0.168 e. The summed E-state index contributed by atoms with van der Waals surface area (Å²) in [5, 5.41) is 0. The normalized spacial score (nSPS) is 10.0. The second-order valence-electron chi connectivity index (χ2n) is 2.07. The van der Waals surface area contributed by atoms with E-state index in [1.54, 1.807) is 0 Å². The van der Waals surface area contributed by atoms with Crippen molar-refractivity contribution in [3.05, 3.63) is 0 Å². The van der Waals surface area contributed by atoms with Crippen LogP contribution in [-0.4, -0.2) is 18.3 Å². The third-order valence-corrected chi connectivity index (χ3v) is 0. The van der Waals surface area contributed by atoms with Crippen LogP contribution in [0.25, 0.3) is 0 Å². The van der Waals surface area contributed by atoms with Crippen molar-refractivity contribution in [3.8, 4) is 0 Å². The van der Waals surface area contributed by atoms with Crippen LogP contribution in [0.1, 0.15) is 0 Å². The molecule has 0 aromatic heterocycles. The van der Waals surface area contributed by atoms with Crippen LogP contribution in [0.15, 0.2) is 0 Å². The topological polar surface area (TPSA) is 0 Å².